The number of nitrogens with zero attached hydrogens (tertiary/aromatic N) is 2. The van der Waals surface area contributed by atoms with E-state index in [0.29, 0.717) is 16.3 Å². The van der Waals surface area contributed by atoms with Crippen LogP contribution in [0.2, 0.25) is 0 Å². The van der Waals surface area contributed by atoms with Gasteiger partial charge in [0.05, 0.1) is 11.8 Å². The normalized spacial score (nSPS) is 10.1. The molecule has 0 bridgehead atoms. The number of amides is 1. The molecule has 0 fully saturated rings. The lowest BCUT2D eigenvalue weighted by atomic mass is 10.1. The number of carbonyl (C=O) groups is 2. The molecule has 1 aromatic carbocycles. The third-order valence-electron chi connectivity index (χ3n) is 3.10. The van der Waals surface area contributed by atoms with Crippen molar-refractivity contribution in [2.24, 2.45) is 0 Å². The summed E-state index contributed by atoms with van der Waals surface area (Å²) in [6.07, 6.45) is 1.47. The van der Waals surface area contributed by atoms with Crippen LogP contribution in [0.4, 0.5) is 5.13 Å². The van der Waals surface area contributed by atoms with Gasteiger partial charge in [0.25, 0.3) is 5.91 Å². The summed E-state index contributed by atoms with van der Waals surface area (Å²) in [6, 6.07) is 10.9. The van der Waals surface area contributed by atoms with Crippen molar-refractivity contribution in [2.75, 3.05) is 5.32 Å². The highest BCUT2D eigenvalue weighted by Gasteiger charge is 2.17. The highest BCUT2D eigenvalue weighted by Crippen LogP contribution is 2.30. The van der Waals surface area contributed by atoms with Crippen LogP contribution >= 0.6 is 11.3 Å². The van der Waals surface area contributed by atoms with Crippen LogP contribution < -0.4 is 5.32 Å². The molecule has 0 saturated carbocycles. The van der Waals surface area contributed by atoms with Crippen LogP contribution in [0.15, 0.2) is 47.1 Å². The van der Waals surface area contributed by atoms with Crippen LogP contribution in [0.5, 0.6) is 0 Å². The summed E-state index contributed by atoms with van der Waals surface area (Å²) in [5.74, 6) is -1.08. The van der Waals surface area contributed by atoms with Crippen LogP contribution in [-0.2, 0) is 0 Å². The number of hydrogen-bond acceptors (Lipinski definition) is 6. The quantitative estimate of drug-likeness (QED) is 0.754. The standard InChI is InChI=1S/C16H9N3O4S/c17-8-12-13(11-2-1-7-23-11)18-16(24-12)19-14(20)9-3-5-10(6-4-9)15(21)22/h1-7H,(H,21,22)(H,18,19,20). The molecule has 2 N–H and O–H groups in total. The van der Waals surface area contributed by atoms with Crippen LogP contribution in [0.25, 0.3) is 11.5 Å². The van der Waals surface area contributed by atoms with E-state index >= 15 is 0 Å². The first kappa shape index (κ1) is 15.5. The van der Waals surface area contributed by atoms with Crippen molar-refractivity contribution in [2.45, 2.75) is 0 Å². The second-order valence-corrected chi connectivity index (χ2v) is 5.62. The highest BCUT2D eigenvalue weighted by molar-refractivity contribution is 7.16. The van der Waals surface area contributed by atoms with Crippen molar-refractivity contribution in [1.82, 2.24) is 4.98 Å². The Morgan fingerprint density at radius 2 is 1.92 bits per heavy atom. The Morgan fingerprint density at radius 1 is 1.21 bits per heavy atom. The molecule has 2 aromatic heterocycles. The number of thiazole rings is 1. The number of benzene rings is 1. The van der Waals surface area contributed by atoms with Crippen LogP contribution in [0, 0.1) is 11.3 Å². The number of aromatic carboxylic acids is 1. The van der Waals surface area contributed by atoms with Crippen molar-refractivity contribution < 1.29 is 19.1 Å². The monoisotopic (exact) mass is 339 g/mol. The summed E-state index contributed by atoms with van der Waals surface area (Å²) >= 11 is 1.03. The lowest BCUT2D eigenvalue weighted by molar-refractivity contribution is 0.0696. The largest absolute Gasteiger partial charge is 0.478 e. The van der Waals surface area contributed by atoms with E-state index in [0.717, 1.165) is 11.3 Å². The fourth-order valence-corrected chi connectivity index (χ4v) is 2.73. The minimum Gasteiger partial charge on any atom is -0.478 e. The minimum absolute atomic E-state index is 0.0904. The molecule has 118 valence electrons. The van der Waals surface area contributed by atoms with Gasteiger partial charge in [0.1, 0.15) is 16.6 Å². The second kappa shape index (κ2) is 6.36. The Balaban J connectivity index is 1.82. The lowest BCUT2D eigenvalue weighted by Gasteiger charge is -2.02. The summed E-state index contributed by atoms with van der Waals surface area (Å²) in [5.41, 5.74) is 0.741. The van der Waals surface area contributed by atoms with E-state index in [-0.39, 0.29) is 16.3 Å². The number of carbonyl (C=O) groups excluding carboxylic acids is 1. The Kier molecular flexibility index (Phi) is 4.09. The SMILES string of the molecule is N#Cc1sc(NC(=O)c2ccc(C(=O)O)cc2)nc1-c1ccco1. The first-order valence-corrected chi connectivity index (χ1v) is 7.49. The smallest absolute Gasteiger partial charge is 0.335 e. The fraction of sp³-hybridized carbons (Fsp3) is 0. The Bertz CT molecular complexity index is 937. The van der Waals surface area contributed by atoms with E-state index in [9.17, 15) is 14.9 Å². The summed E-state index contributed by atoms with van der Waals surface area (Å²) < 4.78 is 5.23. The molecule has 0 aliphatic carbocycles. The molecule has 0 aliphatic rings. The summed E-state index contributed by atoms with van der Waals surface area (Å²) in [6.45, 7) is 0. The molecule has 7 nitrogen and oxygen atoms in total. The maximum Gasteiger partial charge on any atom is 0.335 e. The molecule has 3 aromatic rings. The van der Waals surface area contributed by atoms with E-state index in [1.165, 1.54) is 30.5 Å². The molecule has 0 saturated heterocycles. The van der Waals surface area contributed by atoms with Gasteiger partial charge in [0.2, 0.25) is 0 Å². The number of anilines is 1. The molecule has 0 atom stereocenters. The van der Waals surface area contributed by atoms with Gasteiger partial charge in [-0.1, -0.05) is 11.3 Å². The van der Waals surface area contributed by atoms with Gasteiger partial charge in [-0.25, -0.2) is 9.78 Å². The third-order valence-corrected chi connectivity index (χ3v) is 3.97. The Morgan fingerprint density at radius 3 is 2.50 bits per heavy atom. The summed E-state index contributed by atoms with van der Waals surface area (Å²) in [5, 5.41) is 20.9. The Labute approximate surface area is 139 Å². The van der Waals surface area contributed by atoms with Gasteiger partial charge in [-0.15, -0.1) is 0 Å². The molecule has 24 heavy (non-hydrogen) atoms. The number of furan rings is 1. The van der Waals surface area contributed by atoms with E-state index in [1.54, 1.807) is 12.1 Å². The number of nitriles is 1. The van der Waals surface area contributed by atoms with Crippen molar-refractivity contribution in [1.29, 1.82) is 5.26 Å². The van der Waals surface area contributed by atoms with E-state index in [4.69, 9.17) is 9.52 Å². The number of carboxylic acid groups (broad SMARTS) is 1. The van der Waals surface area contributed by atoms with Gasteiger partial charge in [-0.05, 0) is 36.4 Å². The number of rotatable bonds is 4. The minimum atomic E-state index is -1.07. The second-order valence-electron chi connectivity index (χ2n) is 4.62. The van der Waals surface area contributed by atoms with Gasteiger partial charge >= 0.3 is 5.97 Å². The third kappa shape index (κ3) is 3.02. The van der Waals surface area contributed by atoms with E-state index in [2.05, 4.69) is 10.3 Å². The molecule has 0 spiro atoms. The average Bonchev–Trinajstić information content (AvgIpc) is 3.23. The highest BCUT2D eigenvalue weighted by atomic mass is 32.1. The summed E-state index contributed by atoms with van der Waals surface area (Å²) in [7, 11) is 0. The van der Waals surface area contributed by atoms with Crippen LogP contribution in [0.3, 0.4) is 0 Å². The zero-order chi connectivity index (χ0) is 17.1. The van der Waals surface area contributed by atoms with Crippen molar-refractivity contribution in [3.63, 3.8) is 0 Å². The lowest BCUT2D eigenvalue weighted by Crippen LogP contribution is -2.12. The molecular formula is C16H9N3O4S. The van der Waals surface area contributed by atoms with Gasteiger partial charge < -0.3 is 9.52 Å². The van der Waals surface area contributed by atoms with Gasteiger partial charge in [-0.2, -0.15) is 5.26 Å². The number of aromatic nitrogens is 1. The molecule has 0 radical (unpaired) electrons. The van der Waals surface area contributed by atoms with Crippen molar-refractivity contribution in [3.05, 3.63) is 58.7 Å². The zero-order valence-corrected chi connectivity index (χ0v) is 12.8. The van der Waals surface area contributed by atoms with Crippen molar-refractivity contribution in [3.8, 4) is 17.5 Å². The average molecular weight is 339 g/mol. The topological polar surface area (TPSA) is 116 Å². The molecular weight excluding hydrogens is 330 g/mol. The Hall–Kier alpha value is -3.44. The number of nitrogens with one attached hydrogen (secondary N) is 1. The predicted molar refractivity (Wildman–Crippen MR) is 85.9 cm³/mol. The number of carboxylic acids is 1. The molecule has 0 aliphatic heterocycles. The number of hydrogen-bond donors (Lipinski definition) is 2. The van der Waals surface area contributed by atoms with Gasteiger partial charge in [0, 0.05) is 5.56 Å². The zero-order valence-electron chi connectivity index (χ0n) is 12.0. The fourth-order valence-electron chi connectivity index (χ4n) is 1.96. The van der Waals surface area contributed by atoms with E-state index < -0.39 is 11.9 Å². The molecule has 8 heteroatoms. The van der Waals surface area contributed by atoms with Crippen molar-refractivity contribution >= 4 is 28.3 Å². The first-order valence-electron chi connectivity index (χ1n) is 6.68. The molecule has 0 unspecified atom stereocenters. The van der Waals surface area contributed by atoms with Gasteiger partial charge in [0.15, 0.2) is 10.9 Å². The predicted octanol–water partition coefficient (Wildman–Crippen LogP) is 3.23. The maximum absolute atomic E-state index is 12.2. The van der Waals surface area contributed by atoms with E-state index in [1.807, 2.05) is 6.07 Å². The van der Waals surface area contributed by atoms with Crippen LogP contribution in [-0.4, -0.2) is 22.0 Å². The first-order chi connectivity index (χ1) is 11.6. The maximum atomic E-state index is 12.2. The molecule has 3 rings (SSSR count). The summed E-state index contributed by atoms with van der Waals surface area (Å²) in [4.78, 5) is 27.5. The van der Waals surface area contributed by atoms with Crippen LogP contribution in [0.1, 0.15) is 25.6 Å². The van der Waals surface area contributed by atoms with Gasteiger partial charge in [-0.3, -0.25) is 10.1 Å². The molecule has 1 amide bonds. The molecule has 2 heterocycles.